The van der Waals surface area contributed by atoms with E-state index in [1.165, 1.54) is 17.8 Å². The molecule has 1 atom stereocenters. The van der Waals surface area contributed by atoms with Crippen molar-refractivity contribution in [3.05, 3.63) is 65.5 Å². The summed E-state index contributed by atoms with van der Waals surface area (Å²) in [5.74, 6) is -0.931. The Morgan fingerprint density at radius 3 is 2.74 bits per heavy atom. The number of carbonyl (C=O) groups is 1. The van der Waals surface area contributed by atoms with Crippen molar-refractivity contribution in [1.82, 2.24) is 10.3 Å². The number of carboxylic acid groups (broad SMARTS) is 1. The fourth-order valence-electron chi connectivity index (χ4n) is 1.83. The van der Waals surface area contributed by atoms with Gasteiger partial charge in [0.25, 0.3) is 0 Å². The van der Waals surface area contributed by atoms with Gasteiger partial charge >= 0.3 is 5.97 Å². The molecule has 1 aromatic heterocycles. The smallest absolute Gasteiger partial charge is 0.335 e. The minimum absolute atomic E-state index is 0.191. The van der Waals surface area contributed by atoms with Crippen LogP contribution in [0, 0.1) is 0 Å². The highest BCUT2D eigenvalue weighted by Crippen LogP contribution is 2.12. The van der Waals surface area contributed by atoms with E-state index in [-0.39, 0.29) is 11.6 Å². The molecule has 0 saturated heterocycles. The maximum Gasteiger partial charge on any atom is 0.335 e. The molecule has 0 saturated carbocycles. The zero-order valence-corrected chi connectivity index (χ0v) is 10.7. The lowest BCUT2D eigenvalue weighted by Gasteiger charge is -2.13. The van der Waals surface area contributed by atoms with Gasteiger partial charge in [0.15, 0.2) is 0 Å². The lowest BCUT2D eigenvalue weighted by molar-refractivity contribution is 0.0696. The van der Waals surface area contributed by atoms with E-state index in [4.69, 9.17) is 5.11 Å². The van der Waals surface area contributed by atoms with Crippen LogP contribution in [0.4, 0.5) is 0 Å². The Bertz CT molecular complexity index is 555. The van der Waals surface area contributed by atoms with Gasteiger partial charge in [0.2, 0.25) is 0 Å². The second kappa shape index (κ2) is 6.11. The van der Waals surface area contributed by atoms with Crippen LogP contribution in [0.3, 0.4) is 0 Å². The summed E-state index contributed by atoms with van der Waals surface area (Å²) in [4.78, 5) is 15.0. The highest BCUT2D eigenvalue weighted by molar-refractivity contribution is 5.87. The molecular weight excluding hydrogens is 240 g/mol. The van der Waals surface area contributed by atoms with Crippen LogP contribution >= 0.6 is 0 Å². The van der Waals surface area contributed by atoms with Gasteiger partial charge in [-0.3, -0.25) is 4.98 Å². The molecule has 0 amide bonds. The molecule has 2 rings (SSSR count). The summed E-state index contributed by atoms with van der Waals surface area (Å²) in [5, 5.41) is 12.2. The van der Waals surface area contributed by atoms with E-state index in [2.05, 4.69) is 29.4 Å². The largest absolute Gasteiger partial charge is 0.478 e. The van der Waals surface area contributed by atoms with Crippen molar-refractivity contribution in [2.24, 2.45) is 0 Å². The Hall–Kier alpha value is -2.20. The number of pyridine rings is 1. The highest BCUT2D eigenvalue weighted by Gasteiger charge is 2.07. The number of nitrogens with zero attached hydrogens (tertiary/aromatic N) is 1. The summed E-state index contributed by atoms with van der Waals surface area (Å²) in [6.07, 6.45) is 1.52. The molecule has 19 heavy (non-hydrogen) atoms. The van der Waals surface area contributed by atoms with E-state index < -0.39 is 5.97 Å². The maximum atomic E-state index is 10.9. The average Bonchev–Trinajstić information content (AvgIpc) is 2.46. The third-order valence-electron chi connectivity index (χ3n) is 2.95. The maximum absolute atomic E-state index is 10.9. The second-order valence-corrected chi connectivity index (χ2v) is 4.35. The van der Waals surface area contributed by atoms with Crippen molar-refractivity contribution in [3.63, 3.8) is 0 Å². The van der Waals surface area contributed by atoms with Crippen LogP contribution in [0.2, 0.25) is 0 Å². The van der Waals surface area contributed by atoms with Crippen molar-refractivity contribution in [2.75, 3.05) is 0 Å². The van der Waals surface area contributed by atoms with Gasteiger partial charge in [-0.25, -0.2) is 4.79 Å². The van der Waals surface area contributed by atoms with Crippen molar-refractivity contribution in [2.45, 2.75) is 19.5 Å². The first kappa shape index (κ1) is 13.2. The normalized spacial score (nSPS) is 12.1. The van der Waals surface area contributed by atoms with Gasteiger partial charge < -0.3 is 10.4 Å². The van der Waals surface area contributed by atoms with Crippen LogP contribution in [-0.2, 0) is 6.54 Å². The summed E-state index contributed by atoms with van der Waals surface area (Å²) in [6, 6.07) is 13.4. The highest BCUT2D eigenvalue weighted by atomic mass is 16.4. The second-order valence-electron chi connectivity index (χ2n) is 4.35. The van der Waals surface area contributed by atoms with Crippen LogP contribution in [0.15, 0.2) is 48.7 Å². The fraction of sp³-hybridized carbons (Fsp3) is 0.200. The van der Waals surface area contributed by atoms with Gasteiger partial charge in [-0.2, -0.15) is 0 Å². The number of rotatable bonds is 5. The first-order valence-corrected chi connectivity index (χ1v) is 6.13. The van der Waals surface area contributed by atoms with Crippen molar-refractivity contribution in [3.8, 4) is 0 Å². The molecule has 0 radical (unpaired) electrons. The fourth-order valence-corrected chi connectivity index (χ4v) is 1.83. The summed E-state index contributed by atoms with van der Waals surface area (Å²) in [5.41, 5.74) is 2.18. The van der Waals surface area contributed by atoms with Crippen LogP contribution in [-0.4, -0.2) is 16.1 Å². The standard InChI is InChI=1S/C15H16N2O2/c1-11(12-5-3-2-4-6-12)17-10-14-9-13(15(18)19)7-8-16-14/h2-9,11,17H,10H2,1H3,(H,18,19). The molecule has 0 aliphatic heterocycles. The molecule has 2 N–H and O–H groups in total. The van der Waals surface area contributed by atoms with Gasteiger partial charge in [0, 0.05) is 18.8 Å². The summed E-state index contributed by atoms with van der Waals surface area (Å²) >= 11 is 0. The van der Waals surface area contributed by atoms with Gasteiger partial charge in [0.1, 0.15) is 0 Å². The Morgan fingerprint density at radius 2 is 2.05 bits per heavy atom. The lowest BCUT2D eigenvalue weighted by atomic mass is 10.1. The minimum Gasteiger partial charge on any atom is -0.478 e. The van der Waals surface area contributed by atoms with E-state index >= 15 is 0 Å². The molecule has 4 nitrogen and oxygen atoms in total. The van der Waals surface area contributed by atoms with Crippen LogP contribution < -0.4 is 5.32 Å². The molecule has 1 aromatic carbocycles. The molecule has 1 unspecified atom stereocenters. The zero-order chi connectivity index (χ0) is 13.7. The van der Waals surface area contributed by atoms with Gasteiger partial charge in [-0.05, 0) is 24.6 Å². The summed E-state index contributed by atoms with van der Waals surface area (Å²) in [7, 11) is 0. The number of nitrogens with one attached hydrogen (secondary N) is 1. The third-order valence-corrected chi connectivity index (χ3v) is 2.95. The molecule has 0 bridgehead atoms. The lowest BCUT2D eigenvalue weighted by Crippen LogP contribution is -2.19. The topological polar surface area (TPSA) is 62.2 Å². The number of carboxylic acids is 1. The Kier molecular flexibility index (Phi) is 4.26. The van der Waals surface area contributed by atoms with Gasteiger partial charge in [-0.1, -0.05) is 30.3 Å². The predicted octanol–water partition coefficient (Wildman–Crippen LogP) is 2.63. The molecule has 0 spiro atoms. The Balaban J connectivity index is 1.99. The van der Waals surface area contributed by atoms with Crippen molar-refractivity contribution in [1.29, 1.82) is 0 Å². The predicted molar refractivity (Wildman–Crippen MR) is 72.9 cm³/mol. The first-order valence-electron chi connectivity index (χ1n) is 6.13. The van der Waals surface area contributed by atoms with E-state index in [9.17, 15) is 4.79 Å². The SMILES string of the molecule is CC(NCc1cc(C(=O)O)ccn1)c1ccccc1. The van der Waals surface area contributed by atoms with Gasteiger partial charge in [0.05, 0.1) is 11.3 Å². The number of aromatic nitrogens is 1. The molecule has 4 heteroatoms. The minimum atomic E-state index is -0.931. The van der Waals surface area contributed by atoms with Crippen molar-refractivity contribution >= 4 is 5.97 Å². The number of aromatic carboxylic acids is 1. The third kappa shape index (κ3) is 3.63. The van der Waals surface area contributed by atoms with Crippen LogP contribution in [0.5, 0.6) is 0 Å². The van der Waals surface area contributed by atoms with Crippen LogP contribution in [0.1, 0.15) is 34.6 Å². The molecule has 0 fully saturated rings. The molecule has 1 heterocycles. The van der Waals surface area contributed by atoms with Gasteiger partial charge in [-0.15, -0.1) is 0 Å². The Morgan fingerprint density at radius 1 is 1.32 bits per heavy atom. The molecule has 2 aromatic rings. The quantitative estimate of drug-likeness (QED) is 0.863. The van der Waals surface area contributed by atoms with Crippen LogP contribution in [0.25, 0.3) is 0 Å². The van der Waals surface area contributed by atoms with Crippen molar-refractivity contribution < 1.29 is 9.90 Å². The molecule has 98 valence electrons. The molecule has 0 aliphatic carbocycles. The number of hydrogen-bond acceptors (Lipinski definition) is 3. The first-order chi connectivity index (χ1) is 9.16. The average molecular weight is 256 g/mol. The van der Waals surface area contributed by atoms with E-state index in [1.54, 1.807) is 6.07 Å². The number of benzene rings is 1. The van der Waals surface area contributed by atoms with E-state index in [0.717, 1.165) is 5.69 Å². The summed E-state index contributed by atoms with van der Waals surface area (Å²) < 4.78 is 0. The van der Waals surface area contributed by atoms with E-state index in [1.807, 2.05) is 18.2 Å². The monoisotopic (exact) mass is 256 g/mol. The zero-order valence-electron chi connectivity index (χ0n) is 10.7. The molecular formula is C15H16N2O2. The summed E-state index contributed by atoms with van der Waals surface area (Å²) in [6.45, 7) is 2.60. The van der Waals surface area contributed by atoms with E-state index in [0.29, 0.717) is 6.54 Å². The Labute approximate surface area is 112 Å². The molecule has 0 aliphatic rings. The number of hydrogen-bond donors (Lipinski definition) is 2.